The zero-order chi connectivity index (χ0) is 21.9. The molecule has 0 aliphatic carbocycles. The largest absolute Gasteiger partial charge is 0.488 e. The molecule has 0 aromatic heterocycles. The van der Waals surface area contributed by atoms with Crippen LogP contribution in [0.25, 0.3) is 0 Å². The van der Waals surface area contributed by atoms with E-state index in [0.717, 1.165) is 11.1 Å². The van der Waals surface area contributed by atoms with Crippen molar-refractivity contribution in [1.29, 1.82) is 0 Å². The van der Waals surface area contributed by atoms with Crippen LogP contribution in [0.4, 0.5) is 0 Å². The molecule has 8 heteroatoms. The third kappa shape index (κ3) is 5.14. The van der Waals surface area contributed by atoms with Crippen molar-refractivity contribution < 1.29 is 17.9 Å². The molecule has 3 aromatic carbocycles. The summed E-state index contributed by atoms with van der Waals surface area (Å²) < 4.78 is 33.4. The Kier molecular flexibility index (Phi) is 6.71. The summed E-state index contributed by atoms with van der Waals surface area (Å²) in [4.78, 5) is 12.7. The molecule has 0 aliphatic heterocycles. The van der Waals surface area contributed by atoms with E-state index in [1.165, 1.54) is 18.2 Å². The van der Waals surface area contributed by atoms with E-state index in [1.807, 2.05) is 13.0 Å². The highest BCUT2D eigenvalue weighted by Gasteiger charge is 2.23. The van der Waals surface area contributed by atoms with E-state index >= 15 is 0 Å². The standard InChI is InChI=1S/C22H19Cl2NO4S/c1-14-9-10-18(20(11-14)29-13-16-5-3-6-17(23)12-16)22(26)25-30(27,28)21-8-4-7-19(24)15(21)2/h3-12H,13H2,1-2H3,(H,25,26). The number of aryl methyl sites for hydroxylation is 1. The first-order chi connectivity index (χ1) is 14.2. The summed E-state index contributed by atoms with van der Waals surface area (Å²) in [5.41, 5.74) is 2.14. The number of halogens is 2. The first-order valence-electron chi connectivity index (χ1n) is 8.97. The normalized spacial score (nSPS) is 11.2. The van der Waals surface area contributed by atoms with Gasteiger partial charge >= 0.3 is 0 Å². The number of benzene rings is 3. The average Bonchev–Trinajstić information content (AvgIpc) is 2.68. The van der Waals surface area contributed by atoms with E-state index in [4.69, 9.17) is 27.9 Å². The van der Waals surface area contributed by atoms with E-state index in [1.54, 1.807) is 43.3 Å². The highest BCUT2D eigenvalue weighted by Crippen LogP contribution is 2.25. The molecule has 0 radical (unpaired) electrons. The maximum atomic E-state index is 12.8. The number of carbonyl (C=O) groups excluding carboxylic acids is 1. The van der Waals surface area contributed by atoms with Crippen molar-refractivity contribution in [1.82, 2.24) is 4.72 Å². The third-order valence-electron chi connectivity index (χ3n) is 4.40. The molecule has 30 heavy (non-hydrogen) atoms. The minimum absolute atomic E-state index is 0.0585. The molecule has 5 nitrogen and oxygen atoms in total. The number of ether oxygens (including phenoxy) is 1. The van der Waals surface area contributed by atoms with Crippen molar-refractivity contribution >= 4 is 39.1 Å². The second-order valence-corrected chi connectivity index (χ2v) is 9.21. The van der Waals surface area contributed by atoms with Crippen molar-refractivity contribution in [2.75, 3.05) is 0 Å². The lowest BCUT2D eigenvalue weighted by atomic mass is 10.1. The van der Waals surface area contributed by atoms with Crippen LogP contribution < -0.4 is 9.46 Å². The summed E-state index contributed by atoms with van der Waals surface area (Å²) in [6, 6.07) is 16.5. The number of rotatable bonds is 6. The van der Waals surface area contributed by atoms with Gasteiger partial charge in [-0.25, -0.2) is 13.1 Å². The Morgan fingerprint density at radius 3 is 2.47 bits per heavy atom. The Hall–Kier alpha value is -2.54. The molecule has 1 amide bonds. The van der Waals surface area contributed by atoms with Crippen molar-refractivity contribution in [2.45, 2.75) is 25.3 Å². The van der Waals surface area contributed by atoms with Crippen LogP contribution in [0.5, 0.6) is 5.75 Å². The number of hydrogen-bond acceptors (Lipinski definition) is 4. The van der Waals surface area contributed by atoms with E-state index in [0.29, 0.717) is 15.6 Å². The lowest BCUT2D eigenvalue weighted by Gasteiger charge is -2.14. The molecule has 0 saturated carbocycles. The molecule has 0 spiro atoms. The molecular formula is C22H19Cl2NO4S. The van der Waals surface area contributed by atoms with E-state index in [-0.39, 0.29) is 22.8 Å². The maximum absolute atomic E-state index is 12.8. The van der Waals surface area contributed by atoms with Crippen LogP contribution in [0.2, 0.25) is 10.0 Å². The fourth-order valence-electron chi connectivity index (χ4n) is 2.84. The SMILES string of the molecule is Cc1ccc(C(=O)NS(=O)(=O)c2cccc(Cl)c2C)c(OCc2cccc(Cl)c2)c1. The second-order valence-electron chi connectivity index (χ2n) is 6.72. The van der Waals surface area contributed by atoms with Gasteiger partial charge in [-0.3, -0.25) is 4.79 Å². The lowest BCUT2D eigenvalue weighted by molar-refractivity contribution is 0.0977. The van der Waals surface area contributed by atoms with Gasteiger partial charge in [-0.05, 0) is 66.9 Å². The van der Waals surface area contributed by atoms with Gasteiger partial charge in [-0.15, -0.1) is 0 Å². The minimum atomic E-state index is -4.12. The quantitative estimate of drug-likeness (QED) is 0.537. The molecule has 0 bridgehead atoms. The Balaban J connectivity index is 1.86. The summed E-state index contributed by atoms with van der Waals surface area (Å²) in [5, 5.41) is 0.868. The first kappa shape index (κ1) is 22.2. The molecule has 3 rings (SSSR count). The van der Waals surface area contributed by atoms with Gasteiger partial charge in [0.15, 0.2) is 0 Å². The molecule has 156 valence electrons. The predicted octanol–water partition coefficient (Wildman–Crippen LogP) is 5.31. The molecule has 0 unspecified atom stereocenters. The second kappa shape index (κ2) is 9.08. The predicted molar refractivity (Wildman–Crippen MR) is 118 cm³/mol. The maximum Gasteiger partial charge on any atom is 0.268 e. The zero-order valence-electron chi connectivity index (χ0n) is 16.3. The summed E-state index contributed by atoms with van der Waals surface area (Å²) in [5.74, 6) is -0.527. The van der Waals surface area contributed by atoms with Gasteiger partial charge in [-0.2, -0.15) is 0 Å². The molecule has 1 N–H and O–H groups in total. The summed E-state index contributed by atoms with van der Waals surface area (Å²) >= 11 is 12.0. The van der Waals surface area contributed by atoms with Gasteiger partial charge in [-0.1, -0.05) is 47.5 Å². The van der Waals surface area contributed by atoms with Crippen LogP contribution in [0.3, 0.4) is 0 Å². The Morgan fingerprint density at radius 1 is 1.00 bits per heavy atom. The highest BCUT2D eigenvalue weighted by molar-refractivity contribution is 7.90. The number of hydrogen-bond donors (Lipinski definition) is 1. The van der Waals surface area contributed by atoms with Crippen LogP contribution >= 0.6 is 23.2 Å². The number of sulfonamides is 1. The monoisotopic (exact) mass is 463 g/mol. The van der Waals surface area contributed by atoms with Crippen molar-refractivity contribution in [2.24, 2.45) is 0 Å². The minimum Gasteiger partial charge on any atom is -0.488 e. The molecule has 0 aliphatic rings. The fourth-order valence-corrected chi connectivity index (χ4v) is 4.51. The zero-order valence-corrected chi connectivity index (χ0v) is 18.6. The summed E-state index contributed by atoms with van der Waals surface area (Å²) in [6.45, 7) is 3.59. The van der Waals surface area contributed by atoms with Crippen LogP contribution in [0.1, 0.15) is 27.0 Å². The lowest BCUT2D eigenvalue weighted by Crippen LogP contribution is -2.31. The van der Waals surface area contributed by atoms with Gasteiger partial charge in [0.05, 0.1) is 10.5 Å². The van der Waals surface area contributed by atoms with Crippen LogP contribution in [0, 0.1) is 13.8 Å². The number of carbonyl (C=O) groups is 1. The molecule has 0 fully saturated rings. The first-order valence-corrected chi connectivity index (χ1v) is 11.2. The topological polar surface area (TPSA) is 72.5 Å². The average molecular weight is 464 g/mol. The number of nitrogens with one attached hydrogen (secondary N) is 1. The van der Waals surface area contributed by atoms with E-state index in [9.17, 15) is 13.2 Å². The van der Waals surface area contributed by atoms with E-state index < -0.39 is 15.9 Å². The van der Waals surface area contributed by atoms with Crippen LogP contribution in [-0.4, -0.2) is 14.3 Å². The van der Waals surface area contributed by atoms with Crippen LogP contribution in [0.15, 0.2) is 65.6 Å². The molecule has 0 atom stereocenters. The Morgan fingerprint density at radius 2 is 1.73 bits per heavy atom. The Labute approximate surface area is 185 Å². The smallest absolute Gasteiger partial charge is 0.268 e. The Bertz CT molecular complexity index is 1210. The summed E-state index contributed by atoms with van der Waals surface area (Å²) in [7, 11) is -4.12. The van der Waals surface area contributed by atoms with Gasteiger partial charge in [0, 0.05) is 10.0 Å². The molecule has 0 saturated heterocycles. The van der Waals surface area contributed by atoms with Gasteiger partial charge < -0.3 is 4.74 Å². The summed E-state index contributed by atoms with van der Waals surface area (Å²) in [6.07, 6.45) is 0. The van der Waals surface area contributed by atoms with Crippen molar-refractivity contribution in [3.05, 3.63) is 93.0 Å². The van der Waals surface area contributed by atoms with Crippen molar-refractivity contribution in [3.63, 3.8) is 0 Å². The molecule has 0 heterocycles. The van der Waals surface area contributed by atoms with Gasteiger partial charge in [0.1, 0.15) is 12.4 Å². The van der Waals surface area contributed by atoms with Crippen LogP contribution in [-0.2, 0) is 16.6 Å². The molecule has 3 aromatic rings. The molecular weight excluding hydrogens is 445 g/mol. The van der Waals surface area contributed by atoms with Gasteiger partial charge in [0.2, 0.25) is 0 Å². The highest BCUT2D eigenvalue weighted by atomic mass is 35.5. The van der Waals surface area contributed by atoms with Crippen molar-refractivity contribution in [3.8, 4) is 5.75 Å². The fraction of sp³-hybridized carbons (Fsp3) is 0.136. The van der Waals surface area contributed by atoms with Gasteiger partial charge in [0.25, 0.3) is 15.9 Å². The number of amides is 1. The third-order valence-corrected chi connectivity index (χ3v) is 6.52. The van der Waals surface area contributed by atoms with E-state index in [2.05, 4.69) is 4.72 Å².